The predicted molar refractivity (Wildman–Crippen MR) is 130 cm³/mol. The minimum absolute atomic E-state index is 0.0260. The third-order valence-electron chi connectivity index (χ3n) is 4.97. The molecule has 0 aliphatic rings. The Morgan fingerprint density at radius 3 is 2.19 bits per heavy atom. The molecular formula is C27H23F4NO4. The van der Waals surface area contributed by atoms with E-state index in [-0.39, 0.29) is 33.5 Å². The van der Waals surface area contributed by atoms with E-state index in [4.69, 9.17) is 4.42 Å². The van der Waals surface area contributed by atoms with E-state index in [0.717, 1.165) is 19.9 Å². The highest BCUT2D eigenvalue weighted by Gasteiger charge is 2.24. The number of alkyl halides is 2. The van der Waals surface area contributed by atoms with E-state index >= 15 is 0 Å². The summed E-state index contributed by atoms with van der Waals surface area (Å²) in [6.45, 7) is 3.24. The van der Waals surface area contributed by atoms with Crippen LogP contribution >= 0.6 is 0 Å². The summed E-state index contributed by atoms with van der Waals surface area (Å²) in [5, 5.41) is 12.2. The highest BCUT2D eigenvalue weighted by Crippen LogP contribution is 2.33. The van der Waals surface area contributed by atoms with Crippen LogP contribution in [0.4, 0.5) is 23.2 Å². The molecule has 0 saturated carbocycles. The van der Waals surface area contributed by atoms with Crippen molar-refractivity contribution in [2.45, 2.75) is 32.7 Å². The largest absolute Gasteiger partial charge is 0.478 e. The molecule has 9 heteroatoms. The fourth-order valence-electron chi connectivity index (χ4n) is 3.49. The maximum absolute atomic E-state index is 14.9. The van der Waals surface area contributed by atoms with Gasteiger partial charge in [-0.25, -0.2) is 22.4 Å². The zero-order chi connectivity index (χ0) is 26.6. The number of anilines is 1. The van der Waals surface area contributed by atoms with E-state index in [1.54, 1.807) is 42.5 Å². The molecule has 36 heavy (non-hydrogen) atoms. The molecule has 0 bridgehead atoms. The Labute approximate surface area is 204 Å². The Kier molecular flexibility index (Phi) is 7.82. The molecule has 0 amide bonds. The number of halogens is 4. The molecule has 1 unspecified atom stereocenters. The first kappa shape index (κ1) is 26.5. The van der Waals surface area contributed by atoms with Crippen molar-refractivity contribution in [1.29, 1.82) is 0 Å². The molecule has 3 aromatic carbocycles. The summed E-state index contributed by atoms with van der Waals surface area (Å²) in [6, 6.07) is 16.0. The van der Waals surface area contributed by atoms with Gasteiger partial charge in [0.1, 0.15) is 11.3 Å². The highest BCUT2D eigenvalue weighted by molar-refractivity contribution is 5.94. The van der Waals surface area contributed by atoms with E-state index in [0.29, 0.717) is 5.56 Å². The molecular weight excluding hydrogens is 478 g/mol. The van der Waals surface area contributed by atoms with Crippen molar-refractivity contribution in [1.82, 2.24) is 0 Å². The summed E-state index contributed by atoms with van der Waals surface area (Å²) in [5.41, 5.74) is -0.0155. The van der Waals surface area contributed by atoms with Crippen LogP contribution in [0, 0.1) is 11.6 Å². The number of rotatable bonds is 5. The van der Waals surface area contributed by atoms with E-state index in [2.05, 4.69) is 5.32 Å². The molecule has 5 nitrogen and oxygen atoms in total. The number of benzene rings is 3. The van der Waals surface area contributed by atoms with Crippen molar-refractivity contribution in [2.75, 3.05) is 5.32 Å². The first-order valence-electron chi connectivity index (χ1n) is 10.8. The minimum atomic E-state index is -2.50. The molecule has 4 aromatic rings. The second-order valence-electron chi connectivity index (χ2n) is 8.35. The predicted octanol–water partition coefficient (Wildman–Crippen LogP) is 7.27. The lowest BCUT2D eigenvalue weighted by Crippen LogP contribution is -2.15. The van der Waals surface area contributed by atoms with Crippen molar-refractivity contribution in [3.8, 4) is 11.3 Å². The number of fused-ring (bicyclic) bond motifs is 1. The van der Waals surface area contributed by atoms with Crippen molar-refractivity contribution in [3.05, 3.63) is 99.7 Å². The quantitative estimate of drug-likeness (QED) is 0.281. The van der Waals surface area contributed by atoms with Crippen LogP contribution in [0.25, 0.3) is 22.3 Å². The molecule has 0 fully saturated rings. The molecule has 1 atom stereocenters. The second kappa shape index (κ2) is 10.6. The fourth-order valence-corrected chi connectivity index (χ4v) is 3.49. The van der Waals surface area contributed by atoms with Crippen LogP contribution in [0.1, 0.15) is 42.7 Å². The molecule has 0 saturated heterocycles. The third-order valence-corrected chi connectivity index (χ3v) is 4.97. The second-order valence-corrected chi connectivity index (χ2v) is 8.35. The number of hydrogen-bond donors (Lipinski definition) is 2. The topological polar surface area (TPSA) is 79.5 Å². The maximum atomic E-state index is 14.9. The van der Waals surface area contributed by atoms with Gasteiger partial charge in [0.2, 0.25) is 5.92 Å². The Morgan fingerprint density at radius 2 is 1.58 bits per heavy atom. The number of carboxylic acid groups (broad SMARTS) is 1. The Hall–Kier alpha value is -4.14. The summed E-state index contributed by atoms with van der Waals surface area (Å²) in [6.07, 6.45) is 0. The number of para-hydroxylation sites is 1. The zero-order valence-corrected chi connectivity index (χ0v) is 19.6. The van der Waals surface area contributed by atoms with Crippen molar-refractivity contribution < 1.29 is 31.9 Å². The molecule has 4 rings (SSSR count). The molecule has 2 N–H and O–H groups in total. The Morgan fingerprint density at radius 1 is 1.00 bits per heavy atom. The van der Waals surface area contributed by atoms with Crippen LogP contribution in [0.15, 0.2) is 75.9 Å². The van der Waals surface area contributed by atoms with Crippen LogP contribution < -0.4 is 10.7 Å². The van der Waals surface area contributed by atoms with Crippen LogP contribution in [0.3, 0.4) is 0 Å². The number of aromatic carboxylic acids is 1. The summed E-state index contributed by atoms with van der Waals surface area (Å²) < 4.78 is 57.2. The van der Waals surface area contributed by atoms with Crippen LogP contribution in [0.2, 0.25) is 0 Å². The minimum Gasteiger partial charge on any atom is -0.478 e. The van der Waals surface area contributed by atoms with Gasteiger partial charge in [-0.1, -0.05) is 42.5 Å². The molecule has 0 aliphatic carbocycles. The van der Waals surface area contributed by atoms with Gasteiger partial charge in [0.25, 0.3) is 0 Å². The van der Waals surface area contributed by atoms with Gasteiger partial charge < -0.3 is 14.8 Å². The maximum Gasteiger partial charge on any atom is 0.337 e. The smallest absolute Gasteiger partial charge is 0.337 e. The average molecular weight is 501 g/mol. The number of carbonyl (C=O) groups is 1. The van der Waals surface area contributed by atoms with Gasteiger partial charge in [-0.15, -0.1) is 0 Å². The lowest BCUT2D eigenvalue weighted by molar-refractivity contribution is 0.0437. The average Bonchev–Trinajstić information content (AvgIpc) is 2.80. The van der Waals surface area contributed by atoms with Gasteiger partial charge in [0, 0.05) is 17.3 Å². The molecule has 0 radical (unpaired) electrons. The Balaban J connectivity index is 0.000000658. The van der Waals surface area contributed by atoms with Gasteiger partial charge >= 0.3 is 5.97 Å². The molecule has 1 aromatic heterocycles. The molecule has 0 spiro atoms. The summed E-state index contributed by atoms with van der Waals surface area (Å²) in [7, 11) is 0. The van der Waals surface area contributed by atoms with Gasteiger partial charge in [-0.3, -0.25) is 4.79 Å². The van der Waals surface area contributed by atoms with E-state index in [9.17, 15) is 32.3 Å². The number of nitrogens with one attached hydrogen (secondary N) is 1. The van der Waals surface area contributed by atoms with Gasteiger partial charge in [0.05, 0.1) is 22.6 Å². The van der Waals surface area contributed by atoms with Crippen LogP contribution in [-0.4, -0.2) is 17.0 Å². The first-order valence-corrected chi connectivity index (χ1v) is 10.8. The molecule has 188 valence electrons. The van der Waals surface area contributed by atoms with Crippen molar-refractivity contribution >= 4 is 22.6 Å². The van der Waals surface area contributed by atoms with E-state index in [1.165, 1.54) is 25.1 Å². The van der Waals surface area contributed by atoms with Crippen molar-refractivity contribution in [2.24, 2.45) is 0 Å². The SMILES string of the molecule is CC(C)(F)F.CC(Nc1ccccc1C(=O)O)c1c(F)c(F)cc2c(=O)cc(-c3ccccc3)oc12. The molecule has 1 heterocycles. The Bertz CT molecular complexity index is 1440. The molecule has 0 aliphatic heterocycles. The van der Waals surface area contributed by atoms with E-state index in [1.807, 2.05) is 0 Å². The first-order chi connectivity index (χ1) is 16.9. The van der Waals surface area contributed by atoms with Gasteiger partial charge in [-0.2, -0.15) is 0 Å². The van der Waals surface area contributed by atoms with Crippen molar-refractivity contribution in [3.63, 3.8) is 0 Å². The van der Waals surface area contributed by atoms with Gasteiger partial charge in [-0.05, 0) is 39.0 Å². The monoisotopic (exact) mass is 501 g/mol. The normalized spacial score (nSPS) is 12.0. The summed E-state index contributed by atoms with van der Waals surface area (Å²) in [4.78, 5) is 24.2. The number of hydrogen-bond acceptors (Lipinski definition) is 4. The lowest BCUT2D eigenvalue weighted by Gasteiger charge is -2.19. The van der Waals surface area contributed by atoms with Crippen LogP contribution in [0.5, 0.6) is 0 Å². The van der Waals surface area contributed by atoms with Gasteiger partial charge in [0.15, 0.2) is 17.1 Å². The zero-order valence-electron chi connectivity index (χ0n) is 19.6. The fraction of sp³-hybridized carbons (Fsp3) is 0.185. The van der Waals surface area contributed by atoms with E-state index < -0.39 is 35.0 Å². The summed E-state index contributed by atoms with van der Waals surface area (Å²) in [5.74, 6) is -5.82. The highest BCUT2D eigenvalue weighted by atomic mass is 19.3. The van der Waals surface area contributed by atoms with Crippen LogP contribution in [-0.2, 0) is 0 Å². The third kappa shape index (κ3) is 6.29. The summed E-state index contributed by atoms with van der Waals surface area (Å²) >= 11 is 0. The standard InChI is InChI=1S/C24H17F2NO4.C3H6F2/c1-13(27-18-10-6-5-9-15(18)24(29)30)21-22(26)17(25)11-16-19(28)12-20(31-23(16)21)14-7-3-2-4-8-14;1-3(2,4)5/h2-13,27H,1H3,(H,29,30);1-2H3. The number of carboxylic acids is 1. The lowest BCUT2D eigenvalue weighted by atomic mass is 10.0.